The molecule has 0 radical (unpaired) electrons. The third-order valence-electron chi connectivity index (χ3n) is 10.3. The molecule has 228 valence electrons. The lowest BCUT2D eigenvalue weighted by Gasteiger charge is -2.22. The maximum absolute atomic E-state index is 2.55. The fourth-order valence-electron chi connectivity index (χ4n) is 8.05. The molecule has 11 rings (SSSR count). The van der Waals surface area contributed by atoms with Crippen molar-refractivity contribution >= 4 is 66.1 Å². The van der Waals surface area contributed by atoms with Crippen molar-refractivity contribution in [1.82, 2.24) is 9.13 Å². The Hall–Kier alpha value is -6.03. The molecule has 1 aliphatic rings. The van der Waals surface area contributed by atoms with Gasteiger partial charge in [-0.1, -0.05) is 139 Å². The summed E-state index contributed by atoms with van der Waals surface area (Å²) in [5.74, 6) is 0. The molecule has 0 bridgehead atoms. The normalized spacial score (nSPS) is 12.4. The van der Waals surface area contributed by atoms with Gasteiger partial charge in [-0.3, -0.25) is 9.13 Å². The molecule has 0 atom stereocenters. The average molecular weight is 641 g/mol. The second kappa shape index (κ2) is 10.2. The number of nitrogens with zero attached hydrogens (tertiary/aromatic N) is 2. The Morgan fingerprint density at radius 2 is 1.12 bits per heavy atom. The van der Waals surface area contributed by atoms with E-state index in [0.717, 1.165) is 5.69 Å². The van der Waals surface area contributed by atoms with Crippen LogP contribution in [0.3, 0.4) is 0 Å². The summed E-state index contributed by atoms with van der Waals surface area (Å²) in [6, 6.07) is 62.5. The zero-order valence-corrected chi connectivity index (χ0v) is 27.3. The van der Waals surface area contributed by atoms with Gasteiger partial charge in [0.1, 0.15) is 5.65 Å². The first kappa shape index (κ1) is 27.0. The number of rotatable bonds is 3. The fraction of sp³-hybridized carbons (Fsp3) is 0. The van der Waals surface area contributed by atoms with E-state index in [0.29, 0.717) is 0 Å². The standard InChI is InChI=1S/C46H28N2S/c1-2-10-29(11-3-1)34-23-25-41-40(28-34)48-45-38(17-9-19-42(45)49-41)44-43-37(35-21-20-30-12-4-6-14-32(30)26-35)16-8-18-39(43)47(46(44)48)36-24-22-31-13-5-7-15-33(31)27-36/h1-28H. The monoisotopic (exact) mass is 640 g/mol. The van der Waals surface area contributed by atoms with Crippen LogP contribution in [0.15, 0.2) is 180 Å². The van der Waals surface area contributed by atoms with Crippen LogP contribution >= 0.6 is 11.8 Å². The second-order valence-corrected chi connectivity index (χ2v) is 14.0. The van der Waals surface area contributed by atoms with Crippen LogP contribution in [0.4, 0.5) is 0 Å². The van der Waals surface area contributed by atoms with Crippen molar-refractivity contribution in [2.45, 2.75) is 9.79 Å². The number of benzene rings is 8. The highest BCUT2D eigenvalue weighted by atomic mass is 32.2. The molecule has 0 fully saturated rings. The Balaban J connectivity index is 1.32. The zero-order valence-electron chi connectivity index (χ0n) is 26.5. The summed E-state index contributed by atoms with van der Waals surface area (Å²) in [4.78, 5) is 2.55. The molecule has 3 heteroatoms. The van der Waals surface area contributed by atoms with Gasteiger partial charge in [0.15, 0.2) is 0 Å². The maximum atomic E-state index is 2.55. The van der Waals surface area contributed by atoms with Crippen molar-refractivity contribution in [3.8, 4) is 33.6 Å². The predicted octanol–water partition coefficient (Wildman–Crippen LogP) is 12.8. The van der Waals surface area contributed by atoms with E-state index in [9.17, 15) is 0 Å². The zero-order chi connectivity index (χ0) is 32.1. The molecular formula is C46H28N2S. The van der Waals surface area contributed by atoms with Crippen LogP contribution < -0.4 is 0 Å². The Morgan fingerprint density at radius 1 is 0.408 bits per heavy atom. The van der Waals surface area contributed by atoms with E-state index < -0.39 is 0 Å². The van der Waals surface area contributed by atoms with Crippen molar-refractivity contribution in [3.05, 3.63) is 170 Å². The van der Waals surface area contributed by atoms with E-state index in [1.54, 1.807) is 0 Å². The van der Waals surface area contributed by atoms with Crippen molar-refractivity contribution in [3.63, 3.8) is 0 Å². The van der Waals surface area contributed by atoms with Crippen LogP contribution in [0.2, 0.25) is 0 Å². The van der Waals surface area contributed by atoms with Gasteiger partial charge in [-0.15, -0.1) is 0 Å². The molecule has 2 nitrogen and oxygen atoms in total. The number of hydrogen-bond donors (Lipinski definition) is 0. The first-order valence-corrected chi connectivity index (χ1v) is 17.6. The van der Waals surface area contributed by atoms with Crippen LogP contribution in [0.5, 0.6) is 0 Å². The predicted molar refractivity (Wildman–Crippen MR) is 208 cm³/mol. The Bertz CT molecular complexity index is 2960. The van der Waals surface area contributed by atoms with Gasteiger partial charge in [0.25, 0.3) is 0 Å². The summed E-state index contributed by atoms with van der Waals surface area (Å²) < 4.78 is 5.07. The van der Waals surface area contributed by atoms with Crippen LogP contribution in [0.25, 0.3) is 88.0 Å². The maximum Gasteiger partial charge on any atom is 0.131 e. The lowest BCUT2D eigenvalue weighted by Crippen LogP contribution is -2.06. The molecule has 3 heterocycles. The van der Waals surface area contributed by atoms with E-state index in [1.807, 2.05) is 11.8 Å². The summed E-state index contributed by atoms with van der Waals surface area (Å²) >= 11 is 1.88. The van der Waals surface area contributed by atoms with E-state index in [1.165, 1.54) is 92.1 Å². The minimum Gasteiger partial charge on any atom is -0.295 e. The minimum absolute atomic E-state index is 1.16. The molecule has 0 saturated heterocycles. The Labute approximate surface area is 287 Å². The summed E-state index contributed by atoms with van der Waals surface area (Å²) in [6.45, 7) is 0. The van der Waals surface area contributed by atoms with Gasteiger partial charge < -0.3 is 0 Å². The fourth-order valence-corrected chi connectivity index (χ4v) is 9.13. The minimum atomic E-state index is 1.16. The topological polar surface area (TPSA) is 9.86 Å². The number of aromatic nitrogens is 2. The van der Waals surface area contributed by atoms with Gasteiger partial charge in [0.05, 0.1) is 16.7 Å². The molecule has 0 unspecified atom stereocenters. The van der Waals surface area contributed by atoms with E-state index in [2.05, 4.69) is 179 Å². The molecule has 0 amide bonds. The molecule has 2 aromatic heterocycles. The smallest absolute Gasteiger partial charge is 0.131 e. The molecule has 8 aromatic carbocycles. The van der Waals surface area contributed by atoms with E-state index in [4.69, 9.17) is 0 Å². The molecule has 49 heavy (non-hydrogen) atoms. The molecule has 0 N–H and O–H groups in total. The first-order valence-electron chi connectivity index (χ1n) is 16.8. The molecular weight excluding hydrogens is 613 g/mol. The van der Waals surface area contributed by atoms with Gasteiger partial charge in [-0.05, 0) is 86.3 Å². The van der Waals surface area contributed by atoms with E-state index in [-0.39, 0.29) is 0 Å². The molecule has 0 aliphatic carbocycles. The van der Waals surface area contributed by atoms with Crippen molar-refractivity contribution in [2.24, 2.45) is 0 Å². The summed E-state index contributed by atoms with van der Waals surface area (Å²) in [6.07, 6.45) is 0. The summed E-state index contributed by atoms with van der Waals surface area (Å²) in [5, 5.41) is 8.86. The molecule has 0 saturated carbocycles. The molecule has 10 aromatic rings. The Morgan fingerprint density at radius 3 is 1.96 bits per heavy atom. The van der Waals surface area contributed by atoms with Crippen molar-refractivity contribution < 1.29 is 0 Å². The van der Waals surface area contributed by atoms with E-state index >= 15 is 0 Å². The number of para-hydroxylation sites is 1. The average Bonchev–Trinajstić information content (AvgIpc) is 3.69. The van der Waals surface area contributed by atoms with Gasteiger partial charge in [0.2, 0.25) is 0 Å². The van der Waals surface area contributed by atoms with Crippen LogP contribution in [-0.2, 0) is 0 Å². The summed E-state index contributed by atoms with van der Waals surface area (Å²) in [5.41, 5.74) is 11.0. The molecule has 1 aliphatic heterocycles. The van der Waals surface area contributed by atoms with Crippen molar-refractivity contribution in [1.29, 1.82) is 0 Å². The third kappa shape index (κ3) is 3.91. The van der Waals surface area contributed by atoms with Gasteiger partial charge in [0, 0.05) is 31.6 Å². The van der Waals surface area contributed by atoms with Crippen LogP contribution in [0.1, 0.15) is 0 Å². The lowest BCUT2D eigenvalue weighted by atomic mass is 9.97. The van der Waals surface area contributed by atoms with Gasteiger partial charge >= 0.3 is 0 Å². The van der Waals surface area contributed by atoms with Gasteiger partial charge in [-0.2, -0.15) is 0 Å². The Kier molecular flexibility index (Phi) is 5.63. The summed E-state index contributed by atoms with van der Waals surface area (Å²) in [7, 11) is 0. The van der Waals surface area contributed by atoms with Gasteiger partial charge in [-0.25, -0.2) is 0 Å². The van der Waals surface area contributed by atoms with Crippen molar-refractivity contribution in [2.75, 3.05) is 0 Å². The quantitative estimate of drug-likeness (QED) is 0.187. The molecule has 0 spiro atoms. The highest BCUT2D eigenvalue weighted by molar-refractivity contribution is 7.99. The lowest BCUT2D eigenvalue weighted by molar-refractivity contribution is 1.03. The number of hydrogen-bond acceptors (Lipinski definition) is 1. The highest BCUT2D eigenvalue weighted by Gasteiger charge is 2.29. The highest BCUT2D eigenvalue weighted by Crippen LogP contribution is 2.51. The SMILES string of the molecule is c1ccc(-c2ccc3c(c2)-n2c4c(cccc4c4c5c(-c6ccc7ccccc7c6)cccc5n(-c5ccc6ccccc6c5)c42)S3)cc1. The van der Waals surface area contributed by atoms with Crippen LogP contribution in [0, 0.1) is 0 Å². The third-order valence-corrected chi connectivity index (χ3v) is 11.4. The largest absolute Gasteiger partial charge is 0.295 e. The second-order valence-electron chi connectivity index (χ2n) is 13.0. The van der Waals surface area contributed by atoms with Crippen LogP contribution in [-0.4, -0.2) is 9.13 Å². The number of fused-ring (bicyclic) bond motifs is 9. The first-order chi connectivity index (χ1) is 24.3.